The summed E-state index contributed by atoms with van der Waals surface area (Å²) in [5, 5.41) is 0.707. The predicted octanol–water partition coefficient (Wildman–Crippen LogP) is 3.43. The molecule has 3 aliphatic rings. The Hall–Kier alpha value is -1.98. The first-order valence-corrected chi connectivity index (χ1v) is 9.75. The molecule has 1 saturated heterocycles. The summed E-state index contributed by atoms with van der Waals surface area (Å²) < 4.78 is 13.5. The van der Waals surface area contributed by atoms with Gasteiger partial charge in [0.15, 0.2) is 5.79 Å². The molecular formula is C21H24N2O3. The van der Waals surface area contributed by atoms with E-state index in [1.165, 1.54) is 24.0 Å². The number of aryl methyl sites for hydroxylation is 1. The lowest BCUT2D eigenvalue weighted by Crippen LogP contribution is -2.31. The van der Waals surface area contributed by atoms with Gasteiger partial charge in [-0.05, 0) is 49.0 Å². The van der Waals surface area contributed by atoms with Crippen LogP contribution in [0.15, 0.2) is 29.1 Å². The van der Waals surface area contributed by atoms with Gasteiger partial charge in [0.2, 0.25) is 0 Å². The Labute approximate surface area is 152 Å². The third kappa shape index (κ3) is 2.70. The zero-order valence-corrected chi connectivity index (χ0v) is 15.0. The molecular weight excluding hydrogens is 328 g/mol. The van der Waals surface area contributed by atoms with Crippen molar-refractivity contribution < 1.29 is 9.47 Å². The largest absolute Gasteiger partial charge is 0.347 e. The number of hydrogen-bond acceptors (Lipinski definition) is 4. The van der Waals surface area contributed by atoms with Gasteiger partial charge in [-0.2, -0.15) is 0 Å². The summed E-state index contributed by atoms with van der Waals surface area (Å²) >= 11 is 0. The second kappa shape index (κ2) is 6.32. The fourth-order valence-corrected chi connectivity index (χ4v) is 4.48. The first-order valence-electron chi connectivity index (χ1n) is 9.75. The molecule has 136 valence electrons. The van der Waals surface area contributed by atoms with Crippen molar-refractivity contribution in [3.05, 3.63) is 46.0 Å². The molecule has 3 heterocycles. The number of hydrogen-bond donors (Lipinski definition) is 0. The Morgan fingerprint density at radius 1 is 1.08 bits per heavy atom. The highest BCUT2D eigenvalue weighted by Gasteiger charge is 2.38. The summed E-state index contributed by atoms with van der Waals surface area (Å²) in [6, 6.07) is 6.13. The molecule has 0 bridgehead atoms. The van der Waals surface area contributed by atoms with E-state index in [1.54, 1.807) is 0 Å². The van der Waals surface area contributed by atoms with Crippen molar-refractivity contribution >= 4 is 16.5 Å². The summed E-state index contributed by atoms with van der Waals surface area (Å²) in [6.07, 6.45) is 9.29. The van der Waals surface area contributed by atoms with E-state index in [-0.39, 0.29) is 5.56 Å². The van der Waals surface area contributed by atoms with Gasteiger partial charge in [0.1, 0.15) is 5.82 Å². The van der Waals surface area contributed by atoms with Crippen LogP contribution in [0.4, 0.5) is 0 Å². The third-order valence-corrected chi connectivity index (χ3v) is 5.96. The molecule has 0 radical (unpaired) electrons. The van der Waals surface area contributed by atoms with E-state index in [2.05, 4.69) is 18.2 Å². The fourth-order valence-electron chi connectivity index (χ4n) is 4.48. The highest BCUT2D eigenvalue weighted by molar-refractivity contribution is 5.82. The minimum absolute atomic E-state index is 0.0595. The van der Waals surface area contributed by atoms with Crippen LogP contribution in [-0.4, -0.2) is 28.6 Å². The number of aromatic nitrogens is 2. The summed E-state index contributed by atoms with van der Waals surface area (Å²) in [4.78, 5) is 17.9. The molecule has 1 aliphatic carbocycles. The Morgan fingerprint density at radius 2 is 1.96 bits per heavy atom. The van der Waals surface area contributed by atoms with Gasteiger partial charge in [-0.3, -0.25) is 9.36 Å². The molecule has 5 heteroatoms. The van der Waals surface area contributed by atoms with Gasteiger partial charge in [0.05, 0.1) is 24.1 Å². The number of fused-ring (bicyclic) bond motifs is 2. The van der Waals surface area contributed by atoms with Crippen molar-refractivity contribution in [1.29, 1.82) is 0 Å². The zero-order valence-electron chi connectivity index (χ0n) is 15.0. The Balaban J connectivity index is 1.56. The monoisotopic (exact) mass is 352 g/mol. The number of allylic oxidation sites excluding steroid dienone is 2. The van der Waals surface area contributed by atoms with Crippen LogP contribution in [0.1, 0.15) is 49.9 Å². The first kappa shape index (κ1) is 16.2. The van der Waals surface area contributed by atoms with Crippen LogP contribution in [0.2, 0.25) is 0 Å². The van der Waals surface area contributed by atoms with Crippen molar-refractivity contribution in [2.75, 3.05) is 13.2 Å². The van der Waals surface area contributed by atoms with Crippen LogP contribution in [0.3, 0.4) is 0 Å². The maximum atomic E-state index is 13.0. The summed E-state index contributed by atoms with van der Waals surface area (Å²) in [6.45, 7) is 1.88. The van der Waals surface area contributed by atoms with E-state index >= 15 is 0 Å². The smallest absolute Gasteiger partial charge is 0.261 e. The molecule has 0 N–H and O–H groups in total. The highest BCUT2D eigenvalue weighted by Crippen LogP contribution is 2.32. The summed E-state index contributed by atoms with van der Waals surface area (Å²) in [5.74, 6) is 0.331. The topological polar surface area (TPSA) is 53.4 Å². The molecule has 1 aromatic heterocycles. The maximum Gasteiger partial charge on any atom is 0.261 e. The predicted molar refractivity (Wildman–Crippen MR) is 100 cm³/mol. The lowest BCUT2D eigenvalue weighted by atomic mass is 9.93. The van der Waals surface area contributed by atoms with Gasteiger partial charge in [0, 0.05) is 25.8 Å². The van der Waals surface area contributed by atoms with Crippen LogP contribution < -0.4 is 5.56 Å². The number of nitrogens with zero attached hydrogens (tertiary/aromatic N) is 2. The molecule has 1 spiro atoms. The fraction of sp³-hybridized carbons (Fsp3) is 0.524. The van der Waals surface area contributed by atoms with E-state index in [0.717, 1.165) is 30.6 Å². The lowest BCUT2D eigenvalue weighted by molar-refractivity contribution is -0.165. The molecule has 1 fully saturated rings. The van der Waals surface area contributed by atoms with Crippen LogP contribution in [-0.2, 0) is 22.4 Å². The van der Waals surface area contributed by atoms with Crippen molar-refractivity contribution in [3.63, 3.8) is 0 Å². The standard InChI is InChI=1S/C21H24N2O3/c24-20-17-7-6-16(15-4-2-1-3-5-15)14-18(17)22-19-8-9-21(10-11-23(19)20)25-12-13-26-21/h4,6-7,14H,1-3,5,8-13H2. The van der Waals surface area contributed by atoms with Crippen LogP contribution in [0.5, 0.6) is 0 Å². The molecule has 0 saturated carbocycles. The summed E-state index contributed by atoms with van der Waals surface area (Å²) in [7, 11) is 0. The number of rotatable bonds is 1. The second-order valence-electron chi connectivity index (χ2n) is 7.55. The molecule has 1 aromatic carbocycles. The van der Waals surface area contributed by atoms with Crippen molar-refractivity contribution in [3.8, 4) is 0 Å². The van der Waals surface area contributed by atoms with Gasteiger partial charge in [-0.1, -0.05) is 12.1 Å². The van der Waals surface area contributed by atoms with E-state index < -0.39 is 5.79 Å². The maximum absolute atomic E-state index is 13.0. The van der Waals surface area contributed by atoms with E-state index in [0.29, 0.717) is 38.0 Å². The molecule has 0 amide bonds. The van der Waals surface area contributed by atoms with Gasteiger partial charge in [-0.15, -0.1) is 0 Å². The zero-order chi connectivity index (χ0) is 17.6. The van der Waals surface area contributed by atoms with Crippen molar-refractivity contribution in [2.24, 2.45) is 0 Å². The van der Waals surface area contributed by atoms with Crippen LogP contribution in [0, 0.1) is 0 Å². The van der Waals surface area contributed by atoms with Gasteiger partial charge >= 0.3 is 0 Å². The van der Waals surface area contributed by atoms with Crippen LogP contribution >= 0.6 is 0 Å². The van der Waals surface area contributed by atoms with Crippen LogP contribution in [0.25, 0.3) is 16.5 Å². The number of ether oxygens (including phenoxy) is 2. The Bertz CT molecular complexity index is 938. The summed E-state index contributed by atoms with van der Waals surface area (Å²) in [5.41, 5.74) is 3.47. The van der Waals surface area contributed by atoms with E-state index in [9.17, 15) is 4.79 Å². The minimum Gasteiger partial charge on any atom is -0.347 e. The van der Waals surface area contributed by atoms with Gasteiger partial charge in [0.25, 0.3) is 5.56 Å². The SMILES string of the molecule is O=c1c2ccc(C3=CCCCC3)cc2nc2n1CCC1(CC2)OCCO1. The van der Waals surface area contributed by atoms with E-state index in [1.807, 2.05) is 10.6 Å². The molecule has 2 aliphatic heterocycles. The second-order valence-corrected chi connectivity index (χ2v) is 7.55. The van der Waals surface area contributed by atoms with Gasteiger partial charge < -0.3 is 9.47 Å². The molecule has 26 heavy (non-hydrogen) atoms. The molecule has 0 atom stereocenters. The molecule has 5 rings (SSSR count). The van der Waals surface area contributed by atoms with Crippen molar-refractivity contribution in [2.45, 2.75) is 57.3 Å². The van der Waals surface area contributed by atoms with Crippen molar-refractivity contribution in [1.82, 2.24) is 9.55 Å². The first-order chi connectivity index (χ1) is 12.7. The normalized spacial score (nSPS) is 22.2. The molecule has 2 aromatic rings. The molecule has 5 nitrogen and oxygen atoms in total. The lowest BCUT2D eigenvalue weighted by Gasteiger charge is -2.24. The average molecular weight is 352 g/mol. The van der Waals surface area contributed by atoms with Gasteiger partial charge in [-0.25, -0.2) is 4.98 Å². The highest BCUT2D eigenvalue weighted by atomic mass is 16.7. The Kier molecular flexibility index (Phi) is 3.94. The minimum atomic E-state index is -0.523. The molecule has 0 unspecified atom stereocenters. The average Bonchev–Trinajstić information content (AvgIpc) is 3.07. The third-order valence-electron chi connectivity index (χ3n) is 5.96. The quantitative estimate of drug-likeness (QED) is 0.789. The number of benzene rings is 1. The Morgan fingerprint density at radius 3 is 2.77 bits per heavy atom. The van der Waals surface area contributed by atoms with E-state index in [4.69, 9.17) is 14.5 Å².